The van der Waals surface area contributed by atoms with E-state index >= 15 is 0 Å². The van der Waals surface area contributed by atoms with Gasteiger partial charge in [-0.3, -0.25) is 4.79 Å². The smallest absolute Gasteiger partial charge is 0.272 e. The summed E-state index contributed by atoms with van der Waals surface area (Å²) in [4.78, 5) is 19.7. The highest BCUT2D eigenvalue weighted by Gasteiger charge is 2.10. The summed E-state index contributed by atoms with van der Waals surface area (Å²) in [5, 5.41) is 7.76. The topological polar surface area (TPSA) is 93.4 Å². The third-order valence-corrected chi connectivity index (χ3v) is 3.98. The Bertz CT molecular complexity index is 1180. The number of nitrogens with one attached hydrogen (secondary N) is 1. The zero-order chi connectivity index (χ0) is 16.7. The van der Waals surface area contributed by atoms with Crippen molar-refractivity contribution >= 4 is 22.1 Å². The lowest BCUT2D eigenvalue weighted by Gasteiger charge is -2.06. The lowest BCUT2D eigenvalue weighted by atomic mass is 10.1. The van der Waals surface area contributed by atoms with E-state index in [0.29, 0.717) is 22.4 Å². The fourth-order valence-electron chi connectivity index (χ4n) is 2.79. The minimum Gasteiger partial charge on any atom is -0.325 e. The number of imidazole rings is 1. The van der Waals surface area contributed by atoms with Crippen molar-refractivity contribution in [1.29, 1.82) is 0 Å². The van der Waals surface area contributed by atoms with E-state index in [-0.39, 0.29) is 12.1 Å². The van der Waals surface area contributed by atoms with Crippen LogP contribution in [0, 0.1) is 6.57 Å². The lowest BCUT2D eigenvalue weighted by molar-refractivity contribution is 0.900. The molecule has 7 nitrogen and oxygen atoms in total. The number of fused-ring (bicyclic) bond motifs is 2. The molecule has 0 spiro atoms. The highest BCUT2D eigenvalue weighted by atomic mass is 16.1. The molecule has 4 aromatic rings. The zero-order valence-electron chi connectivity index (χ0n) is 12.5. The molecule has 0 saturated carbocycles. The fraction of sp³-hybridized carbons (Fsp3) is 0.0588. The number of benzene rings is 1. The first-order valence-corrected chi connectivity index (χ1v) is 7.27. The van der Waals surface area contributed by atoms with Crippen molar-refractivity contribution in [1.82, 2.24) is 19.6 Å². The van der Waals surface area contributed by atoms with Gasteiger partial charge in [0.25, 0.3) is 5.56 Å². The molecule has 0 bridgehead atoms. The summed E-state index contributed by atoms with van der Waals surface area (Å²) in [5.41, 5.74) is 9.12. The third-order valence-electron chi connectivity index (χ3n) is 3.98. The number of hydrogen-bond acceptors (Lipinski definition) is 4. The summed E-state index contributed by atoms with van der Waals surface area (Å²) in [6, 6.07) is 8.99. The van der Waals surface area contributed by atoms with Crippen LogP contribution in [0.25, 0.3) is 32.5 Å². The first-order valence-electron chi connectivity index (χ1n) is 7.27. The number of nitrogens with two attached hydrogens (primary N) is 1. The molecule has 0 aliphatic heterocycles. The van der Waals surface area contributed by atoms with Crippen LogP contribution in [-0.2, 0) is 6.54 Å². The van der Waals surface area contributed by atoms with Gasteiger partial charge >= 0.3 is 0 Å². The molecule has 0 aliphatic carbocycles. The van der Waals surface area contributed by atoms with Gasteiger partial charge in [0.1, 0.15) is 5.65 Å². The molecule has 1 aromatic carbocycles. The minimum absolute atomic E-state index is 0.234. The molecule has 116 valence electrons. The number of nitrogens with zero attached hydrogens (tertiary/aromatic N) is 4. The summed E-state index contributed by atoms with van der Waals surface area (Å²) in [6.45, 7) is 7.32. The van der Waals surface area contributed by atoms with E-state index in [2.05, 4.69) is 20.0 Å². The molecule has 3 aromatic heterocycles. The Balaban J connectivity index is 1.97. The highest BCUT2D eigenvalue weighted by Crippen LogP contribution is 2.26. The van der Waals surface area contributed by atoms with Crippen LogP contribution in [0.4, 0.5) is 5.69 Å². The molecular weight excluding hydrogens is 304 g/mol. The maximum atomic E-state index is 11.9. The number of pyridine rings is 1. The van der Waals surface area contributed by atoms with Crippen LogP contribution in [0.5, 0.6) is 0 Å². The second-order valence-corrected chi connectivity index (χ2v) is 5.33. The SMILES string of the molecule is [C-]#[N+]c1ccn2c(-c3ccc4c(=O)[nH]nc(CN)c4c3)cnc2c1. The van der Waals surface area contributed by atoms with E-state index in [1.807, 2.05) is 22.7 Å². The van der Waals surface area contributed by atoms with Crippen LogP contribution in [-0.4, -0.2) is 19.6 Å². The standard InChI is InChI=1S/C17H12N6O/c1-19-11-4-5-23-15(9-20-16(23)7-11)10-2-3-12-13(6-10)14(8-18)21-22-17(12)24/h2-7,9H,8,18H2,(H,22,24). The predicted molar refractivity (Wildman–Crippen MR) is 90.7 cm³/mol. The van der Waals surface area contributed by atoms with Gasteiger partial charge < -0.3 is 10.1 Å². The van der Waals surface area contributed by atoms with Crippen molar-refractivity contribution in [3.63, 3.8) is 0 Å². The van der Waals surface area contributed by atoms with Crippen molar-refractivity contribution in [3.05, 3.63) is 70.2 Å². The van der Waals surface area contributed by atoms with Crippen LogP contribution in [0.15, 0.2) is 47.5 Å². The molecule has 24 heavy (non-hydrogen) atoms. The molecule has 0 radical (unpaired) electrons. The molecule has 3 heterocycles. The van der Waals surface area contributed by atoms with E-state index in [4.69, 9.17) is 12.3 Å². The third kappa shape index (κ3) is 2.06. The van der Waals surface area contributed by atoms with E-state index in [0.717, 1.165) is 16.6 Å². The number of rotatable bonds is 2. The Morgan fingerprint density at radius 3 is 2.92 bits per heavy atom. The van der Waals surface area contributed by atoms with Crippen LogP contribution >= 0.6 is 0 Å². The zero-order valence-corrected chi connectivity index (χ0v) is 12.5. The second-order valence-electron chi connectivity index (χ2n) is 5.33. The van der Waals surface area contributed by atoms with Gasteiger partial charge in [0.05, 0.1) is 29.5 Å². The summed E-state index contributed by atoms with van der Waals surface area (Å²) in [7, 11) is 0. The number of aromatic amines is 1. The second kappa shape index (κ2) is 5.30. The minimum atomic E-state index is -0.242. The average molecular weight is 316 g/mol. The number of aromatic nitrogens is 4. The quantitative estimate of drug-likeness (QED) is 0.555. The summed E-state index contributed by atoms with van der Waals surface area (Å²) in [6.07, 6.45) is 3.56. The average Bonchev–Trinajstić information content (AvgIpc) is 3.04. The highest BCUT2D eigenvalue weighted by molar-refractivity contribution is 5.88. The monoisotopic (exact) mass is 316 g/mol. The van der Waals surface area contributed by atoms with Crippen molar-refractivity contribution in [2.24, 2.45) is 5.73 Å². The van der Waals surface area contributed by atoms with Gasteiger partial charge in [-0.2, -0.15) is 5.10 Å². The van der Waals surface area contributed by atoms with Crippen LogP contribution in [0.1, 0.15) is 5.69 Å². The molecule has 0 fully saturated rings. The van der Waals surface area contributed by atoms with Crippen LogP contribution < -0.4 is 11.3 Å². The van der Waals surface area contributed by atoms with Gasteiger partial charge in [0.15, 0.2) is 5.69 Å². The van der Waals surface area contributed by atoms with Gasteiger partial charge in [0.2, 0.25) is 0 Å². The van der Waals surface area contributed by atoms with Gasteiger partial charge in [-0.25, -0.2) is 14.9 Å². The molecule has 0 aliphatic rings. The normalized spacial score (nSPS) is 11.0. The van der Waals surface area contributed by atoms with Gasteiger partial charge in [-0.15, -0.1) is 0 Å². The fourth-order valence-corrected chi connectivity index (χ4v) is 2.79. The number of hydrogen-bond donors (Lipinski definition) is 2. The van der Waals surface area contributed by atoms with Crippen LogP contribution in [0.2, 0.25) is 0 Å². The van der Waals surface area contributed by atoms with E-state index in [9.17, 15) is 4.79 Å². The Morgan fingerprint density at radius 1 is 1.25 bits per heavy atom. The van der Waals surface area contributed by atoms with Gasteiger partial charge in [-0.1, -0.05) is 6.07 Å². The first kappa shape index (κ1) is 14.1. The first-order chi connectivity index (χ1) is 11.7. The van der Waals surface area contributed by atoms with Crippen molar-refractivity contribution < 1.29 is 0 Å². The van der Waals surface area contributed by atoms with Crippen LogP contribution in [0.3, 0.4) is 0 Å². The summed E-state index contributed by atoms with van der Waals surface area (Å²) < 4.78 is 1.90. The Kier molecular flexibility index (Phi) is 3.11. The number of H-pyrrole nitrogens is 1. The lowest BCUT2D eigenvalue weighted by Crippen LogP contribution is -2.13. The molecule has 7 heteroatoms. The van der Waals surface area contributed by atoms with E-state index in [1.54, 1.807) is 24.4 Å². The molecule has 0 amide bonds. The van der Waals surface area contributed by atoms with E-state index in [1.165, 1.54) is 0 Å². The maximum Gasteiger partial charge on any atom is 0.272 e. The summed E-state index contributed by atoms with van der Waals surface area (Å²) in [5.74, 6) is 0. The predicted octanol–water partition coefficient (Wildman–Crippen LogP) is 2.25. The van der Waals surface area contributed by atoms with Crippen molar-refractivity contribution in [2.45, 2.75) is 6.54 Å². The van der Waals surface area contributed by atoms with Crippen molar-refractivity contribution in [2.75, 3.05) is 0 Å². The molecular formula is C17H12N6O. The molecule has 0 atom stereocenters. The van der Waals surface area contributed by atoms with Gasteiger partial charge in [-0.05, 0) is 24.3 Å². The van der Waals surface area contributed by atoms with Crippen molar-refractivity contribution in [3.8, 4) is 11.3 Å². The Morgan fingerprint density at radius 2 is 2.12 bits per heavy atom. The molecule has 0 saturated heterocycles. The molecule has 3 N–H and O–H groups in total. The largest absolute Gasteiger partial charge is 0.325 e. The molecule has 0 unspecified atom stereocenters. The van der Waals surface area contributed by atoms with E-state index < -0.39 is 0 Å². The Hall–Kier alpha value is -3.50. The van der Waals surface area contributed by atoms with Gasteiger partial charge in [0, 0.05) is 23.7 Å². The Labute approximate surface area is 136 Å². The molecule has 4 rings (SSSR count). The summed E-state index contributed by atoms with van der Waals surface area (Å²) >= 11 is 0. The maximum absolute atomic E-state index is 11.9.